The predicted octanol–water partition coefficient (Wildman–Crippen LogP) is 2.08. The number of unbranched alkanes of at least 4 members (excludes halogenated alkanes) is 2. The first-order chi connectivity index (χ1) is 8.33. The summed E-state index contributed by atoms with van der Waals surface area (Å²) >= 11 is 0. The van der Waals surface area contributed by atoms with Gasteiger partial charge in [-0.3, -0.25) is 0 Å². The summed E-state index contributed by atoms with van der Waals surface area (Å²) in [5.74, 6) is 0. The van der Waals surface area contributed by atoms with Gasteiger partial charge in [0, 0.05) is 13.2 Å². The molecule has 0 aromatic heterocycles. The molecule has 0 saturated carbocycles. The van der Waals surface area contributed by atoms with Crippen LogP contribution in [0.15, 0.2) is 30.3 Å². The smallest absolute Gasteiger partial charge is 0.407 e. The minimum atomic E-state index is -0.391. The Bertz CT molecular complexity index is 314. The summed E-state index contributed by atoms with van der Waals surface area (Å²) in [5, 5.41) is 11.2. The molecular formula is C13H19NO3. The minimum Gasteiger partial charge on any atom is -0.445 e. The third-order valence-electron chi connectivity index (χ3n) is 2.32. The van der Waals surface area contributed by atoms with E-state index in [2.05, 4.69) is 5.32 Å². The number of aliphatic hydroxyl groups excluding tert-OH is 1. The van der Waals surface area contributed by atoms with E-state index in [9.17, 15) is 4.79 Å². The summed E-state index contributed by atoms with van der Waals surface area (Å²) in [6.45, 7) is 1.09. The van der Waals surface area contributed by atoms with Crippen LogP contribution in [0, 0.1) is 0 Å². The molecular weight excluding hydrogens is 218 g/mol. The van der Waals surface area contributed by atoms with E-state index in [1.165, 1.54) is 0 Å². The van der Waals surface area contributed by atoms with Crippen molar-refractivity contribution in [1.82, 2.24) is 5.32 Å². The van der Waals surface area contributed by atoms with Crippen LogP contribution in [0.1, 0.15) is 24.8 Å². The van der Waals surface area contributed by atoms with Gasteiger partial charge in [-0.2, -0.15) is 0 Å². The molecule has 0 spiro atoms. The van der Waals surface area contributed by atoms with Gasteiger partial charge in [0.25, 0.3) is 0 Å². The number of carbonyl (C=O) groups is 1. The molecule has 0 unspecified atom stereocenters. The summed E-state index contributed by atoms with van der Waals surface area (Å²) < 4.78 is 5.04. The normalized spacial score (nSPS) is 9.94. The maximum atomic E-state index is 11.3. The summed E-state index contributed by atoms with van der Waals surface area (Å²) in [6.07, 6.45) is 2.16. The quantitative estimate of drug-likeness (QED) is 0.714. The van der Waals surface area contributed by atoms with Gasteiger partial charge >= 0.3 is 6.09 Å². The van der Waals surface area contributed by atoms with Crippen molar-refractivity contribution in [3.63, 3.8) is 0 Å². The number of hydrogen-bond acceptors (Lipinski definition) is 3. The maximum Gasteiger partial charge on any atom is 0.407 e. The molecule has 1 aromatic rings. The molecule has 0 radical (unpaired) electrons. The van der Waals surface area contributed by atoms with Crippen molar-refractivity contribution < 1.29 is 14.6 Å². The lowest BCUT2D eigenvalue weighted by atomic mass is 10.2. The lowest BCUT2D eigenvalue weighted by Gasteiger charge is -2.06. The van der Waals surface area contributed by atoms with E-state index in [0.717, 1.165) is 24.8 Å². The number of ether oxygens (including phenoxy) is 1. The first-order valence-electron chi connectivity index (χ1n) is 5.88. The zero-order valence-electron chi connectivity index (χ0n) is 9.89. The Balaban J connectivity index is 2.05. The number of amides is 1. The average molecular weight is 237 g/mol. The molecule has 4 heteroatoms. The molecule has 94 valence electrons. The molecule has 0 aliphatic rings. The fourth-order valence-electron chi connectivity index (χ4n) is 1.38. The second-order valence-electron chi connectivity index (χ2n) is 3.77. The van der Waals surface area contributed by atoms with Gasteiger partial charge in [0.2, 0.25) is 0 Å². The lowest BCUT2D eigenvalue weighted by molar-refractivity contribution is 0.139. The van der Waals surface area contributed by atoms with E-state index < -0.39 is 6.09 Å². The van der Waals surface area contributed by atoms with E-state index in [1.807, 2.05) is 30.3 Å². The number of hydrogen-bond donors (Lipinski definition) is 2. The number of benzene rings is 1. The third kappa shape index (κ3) is 6.58. The largest absolute Gasteiger partial charge is 0.445 e. The molecule has 0 bridgehead atoms. The van der Waals surface area contributed by atoms with Crippen molar-refractivity contribution in [2.24, 2.45) is 0 Å². The molecule has 0 heterocycles. The van der Waals surface area contributed by atoms with Crippen LogP contribution in [0.2, 0.25) is 0 Å². The van der Waals surface area contributed by atoms with Crippen molar-refractivity contribution in [3.8, 4) is 0 Å². The Morgan fingerprint density at radius 1 is 1.18 bits per heavy atom. The first kappa shape index (κ1) is 13.5. The second-order valence-corrected chi connectivity index (χ2v) is 3.77. The molecule has 0 saturated heterocycles. The highest BCUT2D eigenvalue weighted by Crippen LogP contribution is 2.00. The fraction of sp³-hybridized carbons (Fsp3) is 0.462. The molecule has 0 aliphatic heterocycles. The van der Waals surface area contributed by atoms with Crippen molar-refractivity contribution in [2.45, 2.75) is 25.9 Å². The highest BCUT2D eigenvalue weighted by molar-refractivity contribution is 5.67. The number of alkyl carbamates (subject to hydrolysis) is 1. The van der Waals surface area contributed by atoms with Crippen LogP contribution < -0.4 is 5.32 Å². The molecule has 0 atom stereocenters. The monoisotopic (exact) mass is 237 g/mol. The van der Waals surface area contributed by atoms with Crippen LogP contribution in [0.5, 0.6) is 0 Å². The lowest BCUT2D eigenvalue weighted by Crippen LogP contribution is -2.25. The Morgan fingerprint density at radius 3 is 2.65 bits per heavy atom. The van der Waals surface area contributed by atoms with E-state index in [-0.39, 0.29) is 6.61 Å². The Labute approximate surface area is 102 Å². The average Bonchev–Trinajstić information content (AvgIpc) is 2.37. The highest BCUT2D eigenvalue weighted by atomic mass is 16.5. The highest BCUT2D eigenvalue weighted by Gasteiger charge is 2.01. The van der Waals surface area contributed by atoms with Crippen LogP contribution in [0.3, 0.4) is 0 Å². The Kier molecular flexibility index (Phi) is 6.82. The van der Waals surface area contributed by atoms with Crippen molar-refractivity contribution >= 4 is 6.09 Å². The third-order valence-corrected chi connectivity index (χ3v) is 2.32. The molecule has 1 rings (SSSR count). The van der Waals surface area contributed by atoms with Crippen LogP contribution in [0.4, 0.5) is 4.79 Å². The van der Waals surface area contributed by atoms with Crippen LogP contribution in [0.25, 0.3) is 0 Å². The maximum absolute atomic E-state index is 11.3. The van der Waals surface area contributed by atoms with Crippen LogP contribution in [-0.2, 0) is 11.3 Å². The number of rotatable bonds is 7. The summed E-state index contributed by atoms with van der Waals surface area (Å²) in [4.78, 5) is 11.3. The van der Waals surface area contributed by atoms with Crippen LogP contribution >= 0.6 is 0 Å². The minimum absolute atomic E-state index is 0.207. The number of nitrogens with one attached hydrogen (secondary N) is 1. The molecule has 4 nitrogen and oxygen atoms in total. The van der Waals surface area contributed by atoms with Crippen LogP contribution in [-0.4, -0.2) is 24.4 Å². The van der Waals surface area contributed by atoms with Gasteiger partial charge in [0.1, 0.15) is 6.61 Å². The molecule has 1 amide bonds. The van der Waals surface area contributed by atoms with E-state index in [1.54, 1.807) is 0 Å². The van der Waals surface area contributed by atoms with Crippen molar-refractivity contribution in [3.05, 3.63) is 35.9 Å². The molecule has 1 aromatic carbocycles. The van der Waals surface area contributed by atoms with Gasteiger partial charge in [-0.25, -0.2) is 4.79 Å². The molecule has 0 fully saturated rings. The zero-order valence-corrected chi connectivity index (χ0v) is 9.89. The Morgan fingerprint density at radius 2 is 1.94 bits per heavy atom. The summed E-state index contributed by atoms with van der Waals surface area (Å²) in [7, 11) is 0. The molecule has 17 heavy (non-hydrogen) atoms. The first-order valence-corrected chi connectivity index (χ1v) is 5.88. The van der Waals surface area contributed by atoms with E-state index in [4.69, 9.17) is 9.84 Å². The second kappa shape index (κ2) is 8.58. The van der Waals surface area contributed by atoms with Crippen molar-refractivity contribution in [2.75, 3.05) is 13.2 Å². The van der Waals surface area contributed by atoms with E-state index in [0.29, 0.717) is 13.2 Å². The van der Waals surface area contributed by atoms with Gasteiger partial charge in [0.05, 0.1) is 0 Å². The Hall–Kier alpha value is -1.55. The summed E-state index contributed by atoms with van der Waals surface area (Å²) in [5.41, 5.74) is 0.975. The number of carbonyl (C=O) groups excluding carboxylic acids is 1. The van der Waals surface area contributed by atoms with E-state index >= 15 is 0 Å². The van der Waals surface area contributed by atoms with Gasteiger partial charge in [0.15, 0.2) is 0 Å². The fourth-order valence-corrected chi connectivity index (χ4v) is 1.38. The zero-order chi connectivity index (χ0) is 12.3. The predicted molar refractivity (Wildman–Crippen MR) is 65.6 cm³/mol. The molecule has 0 aliphatic carbocycles. The topological polar surface area (TPSA) is 58.6 Å². The van der Waals surface area contributed by atoms with Gasteiger partial charge < -0.3 is 15.2 Å². The number of aliphatic hydroxyl groups is 1. The van der Waals surface area contributed by atoms with Gasteiger partial charge in [-0.1, -0.05) is 30.3 Å². The molecule has 2 N–H and O–H groups in total. The van der Waals surface area contributed by atoms with Crippen molar-refractivity contribution in [1.29, 1.82) is 0 Å². The SMILES string of the molecule is O=C(NCCCCCO)OCc1ccccc1. The summed E-state index contributed by atoms with van der Waals surface area (Å²) in [6, 6.07) is 9.56. The van der Waals surface area contributed by atoms with Gasteiger partial charge in [-0.15, -0.1) is 0 Å². The standard InChI is InChI=1S/C13H19NO3/c15-10-6-2-5-9-14-13(16)17-11-12-7-3-1-4-8-12/h1,3-4,7-8,15H,2,5-6,9-11H2,(H,14,16). The van der Waals surface area contributed by atoms with Gasteiger partial charge in [-0.05, 0) is 24.8 Å².